The van der Waals surface area contributed by atoms with Crippen molar-refractivity contribution < 1.29 is 22.7 Å². The van der Waals surface area contributed by atoms with E-state index in [0.717, 1.165) is 0 Å². The summed E-state index contributed by atoms with van der Waals surface area (Å²) >= 11 is 0. The Hall–Kier alpha value is -1.34. The number of carboxylic acid groups (broad SMARTS) is 1. The first-order valence-electron chi connectivity index (χ1n) is 4.95. The maximum absolute atomic E-state index is 11.0. The van der Waals surface area contributed by atoms with Crippen LogP contribution in [-0.4, -0.2) is 50.0 Å². The lowest BCUT2D eigenvalue weighted by Crippen LogP contribution is -2.25. The molecule has 0 aliphatic rings. The van der Waals surface area contributed by atoms with Crippen molar-refractivity contribution in [2.24, 2.45) is 0 Å². The summed E-state index contributed by atoms with van der Waals surface area (Å²) in [6.45, 7) is 0.691. The number of nitrogens with zero attached hydrogens (tertiary/aromatic N) is 1. The zero-order valence-corrected chi connectivity index (χ0v) is 10.5. The van der Waals surface area contributed by atoms with Crippen LogP contribution >= 0.6 is 0 Å². The molecule has 7 heteroatoms. The van der Waals surface area contributed by atoms with E-state index in [1.807, 2.05) is 0 Å². The monoisotopic (exact) mass is 261 g/mol. The summed E-state index contributed by atoms with van der Waals surface area (Å²) in [5.74, 6) is -1.18. The van der Waals surface area contributed by atoms with Gasteiger partial charge in [-0.25, -0.2) is 13.2 Å². The lowest BCUT2D eigenvalue weighted by Gasteiger charge is -2.15. The highest BCUT2D eigenvalue weighted by Gasteiger charge is 2.15. The molecule has 0 fully saturated rings. The number of rotatable bonds is 6. The zero-order valence-electron chi connectivity index (χ0n) is 9.71. The number of hydrogen-bond donors (Lipinski definition) is 1. The van der Waals surface area contributed by atoms with E-state index >= 15 is 0 Å². The van der Waals surface area contributed by atoms with Crippen LogP contribution in [0.4, 0.5) is 0 Å². The van der Waals surface area contributed by atoms with Gasteiger partial charge in [0.25, 0.3) is 0 Å². The highest BCUT2D eigenvalue weighted by molar-refractivity contribution is 7.90. The van der Waals surface area contributed by atoms with Crippen molar-refractivity contribution in [1.82, 2.24) is 4.90 Å². The summed E-state index contributed by atoms with van der Waals surface area (Å²) in [7, 11) is -1.28. The average Bonchev–Trinajstić information content (AvgIpc) is 2.62. The minimum atomic E-state index is -3.01. The molecule has 0 saturated carbocycles. The molecule has 1 aromatic rings. The third-order valence-corrected chi connectivity index (χ3v) is 3.15. The quantitative estimate of drug-likeness (QED) is 0.800. The van der Waals surface area contributed by atoms with Crippen LogP contribution in [0, 0.1) is 0 Å². The Balaban J connectivity index is 2.59. The van der Waals surface area contributed by atoms with Gasteiger partial charge in [0.05, 0.1) is 12.0 Å². The van der Waals surface area contributed by atoms with Gasteiger partial charge in [0, 0.05) is 24.9 Å². The topological polar surface area (TPSA) is 87.8 Å². The Morgan fingerprint density at radius 1 is 1.53 bits per heavy atom. The first kappa shape index (κ1) is 13.7. The van der Waals surface area contributed by atoms with E-state index in [-0.39, 0.29) is 11.5 Å². The molecule has 96 valence electrons. The molecule has 1 aromatic heterocycles. The molecule has 0 unspecified atom stereocenters. The molecular weight excluding hydrogens is 246 g/mol. The maximum atomic E-state index is 11.0. The number of aromatic carboxylic acids is 1. The van der Waals surface area contributed by atoms with E-state index in [4.69, 9.17) is 9.52 Å². The van der Waals surface area contributed by atoms with Gasteiger partial charge in [-0.3, -0.25) is 0 Å². The lowest BCUT2D eigenvalue weighted by atomic mass is 10.2. The predicted molar refractivity (Wildman–Crippen MR) is 61.7 cm³/mol. The molecule has 0 spiro atoms. The van der Waals surface area contributed by atoms with Gasteiger partial charge in [0.15, 0.2) is 0 Å². The predicted octanol–water partition coefficient (Wildman–Crippen LogP) is 0.454. The third-order valence-electron chi connectivity index (χ3n) is 2.23. The molecule has 0 amide bonds. The van der Waals surface area contributed by atoms with E-state index in [0.29, 0.717) is 18.7 Å². The minimum Gasteiger partial charge on any atom is -0.475 e. The van der Waals surface area contributed by atoms with Crippen molar-refractivity contribution >= 4 is 15.8 Å². The van der Waals surface area contributed by atoms with Crippen LogP contribution < -0.4 is 0 Å². The summed E-state index contributed by atoms with van der Waals surface area (Å²) in [5.41, 5.74) is 0.536. The van der Waals surface area contributed by atoms with Crippen molar-refractivity contribution in [1.29, 1.82) is 0 Å². The Kier molecular flexibility index (Phi) is 4.30. The van der Waals surface area contributed by atoms with Gasteiger partial charge in [-0.1, -0.05) is 0 Å². The summed E-state index contributed by atoms with van der Waals surface area (Å²) in [6.07, 6.45) is 2.48. The number of sulfone groups is 1. The summed E-state index contributed by atoms with van der Waals surface area (Å²) in [6, 6.07) is 1.57. The van der Waals surface area contributed by atoms with Crippen LogP contribution in [0.5, 0.6) is 0 Å². The largest absolute Gasteiger partial charge is 0.475 e. The van der Waals surface area contributed by atoms with E-state index in [1.165, 1.54) is 12.5 Å². The second-order valence-electron chi connectivity index (χ2n) is 3.95. The third kappa shape index (κ3) is 4.58. The van der Waals surface area contributed by atoms with Gasteiger partial charge in [-0.15, -0.1) is 0 Å². The molecule has 0 saturated heterocycles. The Labute approximate surface area is 99.8 Å². The van der Waals surface area contributed by atoms with E-state index in [1.54, 1.807) is 18.0 Å². The van der Waals surface area contributed by atoms with Crippen molar-refractivity contribution in [2.75, 3.05) is 25.6 Å². The van der Waals surface area contributed by atoms with Crippen LogP contribution in [0.1, 0.15) is 16.1 Å². The average molecular weight is 261 g/mol. The smallest absolute Gasteiger partial charge is 0.372 e. The first-order chi connectivity index (χ1) is 7.79. The van der Waals surface area contributed by atoms with E-state index < -0.39 is 15.8 Å². The van der Waals surface area contributed by atoms with Crippen LogP contribution in [0.3, 0.4) is 0 Å². The summed E-state index contributed by atoms with van der Waals surface area (Å²) < 4.78 is 26.8. The molecule has 0 aliphatic heterocycles. The standard InChI is InChI=1S/C10H15NO5S/c1-11(4-6-17(2,14)15)7-8-3-5-16-9(8)10(12)13/h3,5H,4,6-7H2,1-2H3,(H,12,13). The fourth-order valence-corrected chi connectivity index (χ4v) is 1.98. The minimum absolute atomic E-state index is 0.0454. The molecule has 0 aliphatic carbocycles. The van der Waals surface area contributed by atoms with Crippen molar-refractivity contribution in [3.8, 4) is 0 Å². The number of furan rings is 1. The highest BCUT2D eigenvalue weighted by Crippen LogP contribution is 2.12. The van der Waals surface area contributed by atoms with Crippen molar-refractivity contribution in [3.63, 3.8) is 0 Å². The molecule has 0 bridgehead atoms. The van der Waals surface area contributed by atoms with Gasteiger partial charge in [0.2, 0.25) is 5.76 Å². The van der Waals surface area contributed by atoms with Gasteiger partial charge in [-0.2, -0.15) is 0 Å². The van der Waals surface area contributed by atoms with Gasteiger partial charge in [0.1, 0.15) is 9.84 Å². The fourth-order valence-electron chi connectivity index (χ4n) is 1.34. The molecule has 1 N–H and O–H groups in total. The SMILES string of the molecule is CN(CCS(C)(=O)=O)Cc1ccoc1C(=O)O. The number of carboxylic acids is 1. The molecule has 1 heterocycles. The molecule has 0 atom stereocenters. The molecule has 0 radical (unpaired) electrons. The molecule has 17 heavy (non-hydrogen) atoms. The fraction of sp³-hybridized carbons (Fsp3) is 0.500. The number of carbonyl (C=O) groups is 1. The molecule has 1 rings (SSSR count). The normalized spacial score (nSPS) is 11.9. The van der Waals surface area contributed by atoms with Crippen LogP contribution in [0.25, 0.3) is 0 Å². The Morgan fingerprint density at radius 3 is 2.71 bits per heavy atom. The van der Waals surface area contributed by atoms with Gasteiger partial charge < -0.3 is 14.4 Å². The zero-order chi connectivity index (χ0) is 13.1. The Bertz CT molecular complexity index is 491. The first-order valence-corrected chi connectivity index (χ1v) is 7.01. The van der Waals surface area contributed by atoms with E-state index in [2.05, 4.69) is 0 Å². The molecular formula is C10H15NO5S. The van der Waals surface area contributed by atoms with Crippen LogP contribution in [0.2, 0.25) is 0 Å². The second kappa shape index (κ2) is 5.33. The Morgan fingerprint density at radius 2 is 2.18 bits per heavy atom. The number of hydrogen-bond acceptors (Lipinski definition) is 5. The molecule has 0 aromatic carbocycles. The van der Waals surface area contributed by atoms with Crippen LogP contribution in [0.15, 0.2) is 16.7 Å². The molecule has 6 nitrogen and oxygen atoms in total. The van der Waals surface area contributed by atoms with Gasteiger partial charge in [-0.05, 0) is 13.1 Å². The second-order valence-corrected chi connectivity index (χ2v) is 6.21. The van der Waals surface area contributed by atoms with Crippen molar-refractivity contribution in [2.45, 2.75) is 6.54 Å². The van der Waals surface area contributed by atoms with Gasteiger partial charge >= 0.3 is 5.97 Å². The highest BCUT2D eigenvalue weighted by atomic mass is 32.2. The maximum Gasteiger partial charge on any atom is 0.372 e. The lowest BCUT2D eigenvalue weighted by molar-refractivity contribution is 0.0659. The van der Waals surface area contributed by atoms with Crippen molar-refractivity contribution in [3.05, 3.63) is 23.7 Å². The van der Waals surface area contributed by atoms with Crippen LogP contribution in [-0.2, 0) is 16.4 Å². The summed E-state index contributed by atoms with van der Waals surface area (Å²) in [4.78, 5) is 12.5. The summed E-state index contributed by atoms with van der Waals surface area (Å²) in [5, 5.41) is 8.82. The van der Waals surface area contributed by atoms with E-state index in [9.17, 15) is 13.2 Å².